The molecule has 0 radical (unpaired) electrons. The average Bonchev–Trinajstić information content (AvgIpc) is 3.35. The molecule has 0 atom stereocenters. The summed E-state index contributed by atoms with van der Waals surface area (Å²) >= 11 is 1.56. The van der Waals surface area contributed by atoms with Gasteiger partial charge in [-0.15, -0.1) is 11.3 Å². The molecule has 6 nitrogen and oxygen atoms in total. The number of para-hydroxylation sites is 2. The van der Waals surface area contributed by atoms with Gasteiger partial charge in [0, 0.05) is 30.4 Å². The second kappa shape index (κ2) is 8.36. The van der Waals surface area contributed by atoms with Crippen LogP contribution in [0.4, 0.5) is 5.69 Å². The molecule has 1 aromatic carbocycles. The Morgan fingerprint density at radius 2 is 1.70 bits per heavy atom. The highest BCUT2D eigenvalue weighted by Gasteiger charge is 2.29. The highest BCUT2D eigenvalue weighted by atomic mass is 32.1. The standard InChI is InChI=1S/C23H25N3O3S/c1-15-7-8-16(2)26(15)23-18(11-14-30-23)22(29)25-12-9-17(10-13-25)21(28)24-19-5-3-4-6-20(19)27/h3-8,11,14,17,27H,9-10,12-13H2,1-2H3,(H,24,28). The Hall–Kier alpha value is -3.06. The summed E-state index contributed by atoms with van der Waals surface area (Å²) in [4.78, 5) is 27.6. The first-order valence-electron chi connectivity index (χ1n) is 10.1. The van der Waals surface area contributed by atoms with E-state index in [4.69, 9.17) is 0 Å². The maximum atomic E-state index is 13.2. The van der Waals surface area contributed by atoms with Crippen molar-refractivity contribution in [1.29, 1.82) is 0 Å². The van der Waals surface area contributed by atoms with Crippen molar-refractivity contribution in [2.75, 3.05) is 18.4 Å². The fourth-order valence-corrected chi connectivity index (χ4v) is 4.96. The van der Waals surface area contributed by atoms with E-state index in [-0.39, 0.29) is 23.5 Å². The first-order valence-corrected chi connectivity index (χ1v) is 10.9. The number of nitrogens with one attached hydrogen (secondary N) is 1. The summed E-state index contributed by atoms with van der Waals surface area (Å²) in [6.07, 6.45) is 1.21. The van der Waals surface area contributed by atoms with Crippen LogP contribution in [0.15, 0.2) is 47.8 Å². The zero-order valence-electron chi connectivity index (χ0n) is 17.1. The third-order valence-corrected chi connectivity index (χ3v) is 6.56. The fourth-order valence-electron chi connectivity index (χ4n) is 3.96. The molecule has 0 bridgehead atoms. The quantitative estimate of drug-likeness (QED) is 0.613. The van der Waals surface area contributed by atoms with Crippen LogP contribution in [0.3, 0.4) is 0 Å². The second-order valence-corrected chi connectivity index (χ2v) is 8.56. The van der Waals surface area contributed by atoms with Crippen molar-refractivity contribution in [3.8, 4) is 10.8 Å². The zero-order chi connectivity index (χ0) is 21.3. The summed E-state index contributed by atoms with van der Waals surface area (Å²) < 4.78 is 2.12. The molecule has 2 aromatic heterocycles. The number of hydrogen-bond acceptors (Lipinski definition) is 4. The molecule has 156 valence electrons. The monoisotopic (exact) mass is 423 g/mol. The number of nitrogens with zero attached hydrogens (tertiary/aromatic N) is 2. The number of likely N-dealkylation sites (tertiary alicyclic amines) is 1. The number of anilines is 1. The smallest absolute Gasteiger partial charge is 0.256 e. The topological polar surface area (TPSA) is 74.6 Å². The van der Waals surface area contributed by atoms with Crippen LogP contribution >= 0.6 is 11.3 Å². The van der Waals surface area contributed by atoms with Gasteiger partial charge in [0.2, 0.25) is 5.91 Å². The van der Waals surface area contributed by atoms with Gasteiger partial charge in [-0.05, 0) is 62.4 Å². The van der Waals surface area contributed by atoms with Gasteiger partial charge in [0.15, 0.2) is 0 Å². The van der Waals surface area contributed by atoms with Crippen LogP contribution in [0.25, 0.3) is 5.00 Å². The van der Waals surface area contributed by atoms with E-state index < -0.39 is 0 Å². The highest BCUT2D eigenvalue weighted by Crippen LogP contribution is 2.29. The summed E-state index contributed by atoms with van der Waals surface area (Å²) in [5.41, 5.74) is 3.33. The largest absolute Gasteiger partial charge is 0.506 e. The molecule has 1 aliphatic heterocycles. The Morgan fingerprint density at radius 1 is 1.03 bits per heavy atom. The molecule has 0 saturated carbocycles. The second-order valence-electron chi connectivity index (χ2n) is 7.66. The third kappa shape index (κ3) is 3.85. The molecule has 1 saturated heterocycles. The number of hydrogen-bond donors (Lipinski definition) is 2. The summed E-state index contributed by atoms with van der Waals surface area (Å²) in [6.45, 7) is 5.15. The number of phenols is 1. The summed E-state index contributed by atoms with van der Waals surface area (Å²) in [7, 11) is 0. The van der Waals surface area contributed by atoms with E-state index >= 15 is 0 Å². The number of aromatic nitrogens is 1. The van der Waals surface area contributed by atoms with Gasteiger partial charge >= 0.3 is 0 Å². The minimum absolute atomic E-state index is 0.0123. The van der Waals surface area contributed by atoms with Gasteiger partial charge in [-0.3, -0.25) is 9.59 Å². The van der Waals surface area contributed by atoms with E-state index in [1.165, 1.54) is 0 Å². The van der Waals surface area contributed by atoms with Gasteiger partial charge in [-0.2, -0.15) is 0 Å². The molecule has 0 aliphatic carbocycles. The van der Waals surface area contributed by atoms with Crippen molar-refractivity contribution in [2.24, 2.45) is 5.92 Å². The summed E-state index contributed by atoms with van der Waals surface area (Å²) in [5, 5.41) is 15.5. The predicted molar refractivity (Wildman–Crippen MR) is 118 cm³/mol. The minimum atomic E-state index is -0.176. The Labute approximate surface area is 179 Å². The van der Waals surface area contributed by atoms with Crippen LogP contribution < -0.4 is 5.32 Å². The summed E-state index contributed by atoms with van der Waals surface area (Å²) in [6, 6.07) is 12.7. The predicted octanol–water partition coefficient (Wildman–Crippen LogP) is 4.35. The molecular weight excluding hydrogens is 398 g/mol. The highest BCUT2D eigenvalue weighted by molar-refractivity contribution is 7.13. The number of thiophene rings is 1. The number of phenolic OH excluding ortho intramolecular Hbond substituents is 1. The van der Waals surface area contributed by atoms with Crippen molar-refractivity contribution < 1.29 is 14.7 Å². The van der Waals surface area contributed by atoms with Gasteiger partial charge < -0.3 is 19.9 Å². The van der Waals surface area contributed by atoms with Crippen LogP contribution in [0.5, 0.6) is 5.75 Å². The number of amides is 2. The third-order valence-electron chi connectivity index (χ3n) is 5.66. The molecule has 30 heavy (non-hydrogen) atoms. The Kier molecular flexibility index (Phi) is 5.63. The first kappa shape index (κ1) is 20.2. The van der Waals surface area contributed by atoms with Gasteiger partial charge in [-0.1, -0.05) is 12.1 Å². The lowest BCUT2D eigenvalue weighted by Gasteiger charge is -2.31. The SMILES string of the molecule is Cc1ccc(C)n1-c1sccc1C(=O)N1CCC(C(=O)Nc2ccccc2O)CC1. The number of piperidine rings is 1. The van der Waals surface area contributed by atoms with E-state index in [0.717, 1.165) is 16.4 Å². The molecule has 1 fully saturated rings. The molecule has 0 unspecified atom stereocenters. The van der Waals surface area contributed by atoms with Crippen LogP contribution in [0.1, 0.15) is 34.6 Å². The zero-order valence-corrected chi connectivity index (χ0v) is 17.9. The lowest BCUT2D eigenvalue weighted by Crippen LogP contribution is -2.41. The van der Waals surface area contributed by atoms with Crippen LogP contribution in [0, 0.1) is 19.8 Å². The molecule has 3 heterocycles. The van der Waals surface area contributed by atoms with Crippen molar-refractivity contribution in [3.05, 3.63) is 64.8 Å². The fraction of sp³-hybridized carbons (Fsp3) is 0.304. The van der Waals surface area contributed by atoms with Crippen LogP contribution in [-0.4, -0.2) is 39.5 Å². The minimum Gasteiger partial charge on any atom is -0.506 e. The number of rotatable bonds is 4. The van der Waals surface area contributed by atoms with E-state index in [1.54, 1.807) is 35.6 Å². The number of carbonyl (C=O) groups excluding carboxylic acids is 2. The van der Waals surface area contributed by atoms with E-state index in [0.29, 0.717) is 37.2 Å². The molecule has 0 spiro atoms. The molecule has 1 aliphatic rings. The van der Waals surface area contributed by atoms with Gasteiger partial charge in [-0.25, -0.2) is 0 Å². The van der Waals surface area contributed by atoms with E-state index in [9.17, 15) is 14.7 Å². The molecule has 3 aromatic rings. The number of aromatic hydroxyl groups is 1. The Balaban J connectivity index is 1.42. The summed E-state index contributed by atoms with van der Waals surface area (Å²) in [5.74, 6) is -0.222. The number of aryl methyl sites for hydroxylation is 2. The van der Waals surface area contributed by atoms with Gasteiger partial charge in [0.25, 0.3) is 5.91 Å². The van der Waals surface area contributed by atoms with E-state index in [2.05, 4.69) is 22.0 Å². The molecule has 2 amide bonds. The van der Waals surface area contributed by atoms with Crippen molar-refractivity contribution in [1.82, 2.24) is 9.47 Å². The lowest BCUT2D eigenvalue weighted by atomic mass is 9.95. The lowest BCUT2D eigenvalue weighted by molar-refractivity contribution is -0.121. The Bertz CT molecular complexity index is 1060. The Morgan fingerprint density at radius 3 is 2.37 bits per heavy atom. The van der Waals surface area contributed by atoms with Crippen LogP contribution in [0.2, 0.25) is 0 Å². The van der Waals surface area contributed by atoms with Gasteiger partial charge in [0.1, 0.15) is 10.8 Å². The maximum absolute atomic E-state index is 13.2. The van der Waals surface area contributed by atoms with Gasteiger partial charge in [0.05, 0.1) is 11.3 Å². The molecule has 2 N–H and O–H groups in total. The number of carbonyl (C=O) groups is 2. The normalized spacial score (nSPS) is 14.7. The molecule has 4 rings (SSSR count). The maximum Gasteiger partial charge on any atom is 0.256 e. The van der Waals surface area contributed by atoms with E-state index in [1.807, 2.05) is 30.2 Å². The number of benzene rings is 1. The first-order chi connectivity index (χ1) is 14.5. The van der Waals surface area contributed by atoms with Crippen LogP contribution in [-0.2, 0) is 4.79 Å². The van der Waals surface area contributed by atoms with Crippen molar-refractivity contribution >= 4 is 28.8 Å². The van der Waals surface area contributed by atoms with Crippen molar-refractivity contribution in [2.45, 2.75) is 26.7 Å². The molecule has 7 heteroatoms. The molecular formula is C23H25N3O3S. The average molecular weight is 424 g/mol. The van der Waals surface area contributed by atoms with Crippen molar-refractivity contribution in [3.63, 3.8) is 0 Å².